The molecule has 0 saturated heterocycles. The Morgan fingerprint density at radius 1 is 1.40 bits per heavy atom. The van der Waals surface area contributed by atoms with Crippen molar-refractivity contribution >= 4 is 5.97 Å². The lowest BCUT2D eigenvalue weighted by Crippen LogP contribution is -2.22. The molecule has 15 heavy (non-hydrogen) atoms. The lowest BCUT2D eigenvalue weighted by atomic mass is 9.91. The van der Waals surface area contributed by atoms with Crippen LogP contribution in [0.3, 0.4) is 0 Å². The molecule has 0 aliphatic carbocycles. The van der Waals surface area contributed by atoms with E-state index in [1.165, 1.54) is 0 Å². The van der Waals surface area contributed by atoms with Gasteiger partial charge in [-0.15, -0.1) is 0 Å². The average Bonchev–Trinajstić information content (AvgIpc) is 2.19. The van der Waals surface area contributed by atoms with E-state index in [0.717, 1.165) is 16.7 Å². The van der Waals surface area contributed by atoms with Gasteiger partial charge in [-0.1, -0.05) is 30.7 Å². The number of carboxylic acid groups (broad SMARTS) is 1. The van der Waals surface area contributed by atoms with Crippen LogP contribution in [0.25, 0.3) is 0 Å². The molecule has 0 aliphatic heterocycles. The maximum absolute atomic E-state index is 13.3. The smallest absolute Gasteiger partial charge is 0.338 e. The largest absolute Gasteiger partial charge is 0.479 e. The fourth-order valence-electron chi connectivity index (χ4n) is 1.62. The minimum atomic E-state index is -1.84. The van der Waals surface area contributed by atoms with Crippen molar-refractivity contribution in [3.05, 3.63) is 34.9 Å². The number of alkyl halides is 1. The molecule has 2 atom stereocenters. The van der Waals surface area contributed by atoms with Crippen LogP contribution in [0.2, 0.25) is 0 Å². The first kappa shape index (κ1) is 11.7. The highest BCUT2D eigenvalue weighted by Crippen LogP contribution is 2.25. The van der Waals surface area contributed by atoms with Gasteiger partial charge in [0.05, 0.1) is 0 Å². The summed E-state index contributed by atoms with van der Waals surface area (Å²) < 4.78 is 13.3. The molecule has 1 N–H and O–H groups in total. The molecule has 0 aliphatic rings. The first-order chi connectivity index (χ1) is 6.93. The van der Waals surface area contributed by atoms with Crippen molar-refractivity contribution in [3.8, 4) is 0 Å². The zero-order chi connectivity index (χ0) is 11.6. The monoisotopic (exact) mass is 210 g/mol. The number of benzene rings is 1. The minimum Gasteiger partial charge on any atom is -0.479 e. The number of carboxylic acids is 1. The van der Waals surface area contributed by atoms with Crippen molar-refractivity contribution in [1.29, 1.82) is 0 Å². The molecule has 2 nitrogen and oxygen atoms in total. The Bertz CT molecular complexity index is 374. The molecule has 0 spiro atoms. The number of rotatable bonds is 3. The van der Waals surface area contributed by atoms with Gasteiger partial charge in [0.15, 0.2) is 0 Å². The molecule has 1 rings (SSSR count). The van der Waals surface area contributed by atoms with E-state index in [0.29, 0.717) is 0 Å². The summed E-state index contributed by atoms with van der Waals surface area (Å²) in [5.74, 6) is -2.01. The van der Waals surface area contributed by atoms with Crippen molar-refractivity contribution < 1.29 is 14.3 Å². The van der Waals surface area contributed by atoms with E-state index >= 15 is 0 Å². The van der Waals surface area contributed by atoms with Crippen LogP contribution in [0.4, 0.5) is 4.39 Å². The molecule has 82 valence electrons. The van der Waals surface area contributed by atoms with Gasteiger partial charge >= 0.3 is 5.97 Å². The fourth-order valence-corrected chi connectivity index (χ4v) is 1.62. The van der Waals surface area contributed by atoms with Gasteiger partial charge in [0.1, 0.15) is 0 Å². The molecule has 0 saturated carbocycles. The van der Waals surface area contributed by atoms with E-state index in [2.05, 4.69) is 0 Å². The Kier molecular flexibility index (Phi) is 3.45. The number of carbonyl (C=O) groups is 1. The van der Waals surface area contributed by atoms with Gasteiger partial charge in [0, 0.05) is 5.92 Å². The molecule has 0 fully saturated rings. The van der Waals surface area contributed by atoms with E-state index in [1.54, 1.807) is 6.92 Å². The van der Waals surface area contributed by atoms with E-state index in [-0.39, 0.29) is 0 Å². The fraction of sp³-hybridized carbons (Fsp3) is 0.417. The van der Waals surface area contributed by atoms with E-state index in [4.69, 9.17) is 5.11 Å². The van der Waals surface area contributed by atoms with Crippen LogP contribution in [0, 0.1) is 13.8 Å². The Morgan fingerprint density at radius 2 is 2.00 bits per heavy atom. The van der Waals surface area contributed by atoms with Crippen molar-refractivity contribution in [2.75, 3.05) is 0 Å². The Hall–Kier alpha value is -1.38. The van der Waals surface area contributed by atoms with Crippen molar-refractivity contribution in [2.24, 2.45) is 0 Å². The van der Waals surface area contributed by atoms with Crippen LogP contribution in [0.15, 0.2) is 18.2 Å². The topological polar surface area (TPSA) is 37.3 Å². The third-order valence-electron chi connectivity index (χ3n) is 2.60. The molecule has 0 radical (unpaired) electrons. The Morgan fingerprint density at radius 3 is 2.53 bits per heavy atom. The zero-order valence-corrected chi connectivity index (χ0v) is 9.12. The van der Waals surface area contributed by atoms with Gasteiger partial charge in [-0.3, -0.25) is 0 Å². The summed E-state index contributed by atoms with van der Waals surface area (Å²) in [5, 5.41) is 8.60. The molecule has 0 aromatic heterocycles. The molecule has 0 bridgehead atoms. The van der Waals surface area contributed by atoms with Gasteiger partial charge in [-0.05, 0) is 25.0 Å². The standard InChI is InChI=1S/C12H15FO2/c1-7-4-5-8(2)10(6-7)9(3)11(13)12(14)15/h4-6,9,11H,1-3H3,(H,14,15). The highest BCUT2D eigenvalue weighted by atomic mass is 19.1. The molecular formula is C12H15FO2. The lowest BCUT2D eigenvalue weighted by molar-refractivity contribution is -0.143. The quantitative estimate of drug-likeness (QED) is 0.832. The molecule has 1 aromatic rings. The summed E-state index contributed by atoms with van der Waals surface area (Å²) in [4.78, 5) is 10.5. The van der Waals surface area contributed by atoms with E-state index in [9.17, 15) is 9.18 Å². The average molecular weight is 210 g/mol. The van der Waals surface area contributed by atoms with Gasteiger partial charge in [-0.25, -0.2) is 9.18 Å². The SMILES string of the molecule is Cc1ccc(C)c(C(C)C(F)C(=O)O)c1. The molecule has 2 unspecified atom stereocenters. The lowest BCUT2D eigenvalue weighted by Gasteiger charge is -2.16. The van der Waals surface area contributed by atoms with Crippen molar-refractivity contribution in [3.63, 3.8) is 0 Å². The van der Waals surface area contributed by atoms with Gasteiger partial charge in [0.25, 0.3) is 0 Å². The highest BCUT2D eigenvalue weighted by molar-refractivity contribution is 5.73. The highest BCUT2D eigenvalue weighted by Gasteiger charge is 2.26. The first-order valence-corrected chi connectivity index (χ1v) is 4.87. The molecular weight excluding hydrogens is 195 g/mol. The third kappa shape index (κ3) is 2.55. The Balaban J connectivity index is 3.04. The molecule has 0 heterocycles. The Labute approximate surface area is 88.7 Å². The predicted octanol–water partition coefficient (Wildman–Crippen LogP) is 2.83. The summed E-state index contributed by atoms with van der Waals surface area (Å²) in [6.45, 7) is 5.37. The maximum Gasteiger partial charge on any atom is 0.338 e. The summed E-state index contributed by atoms with van der Waals surface area (Å²) in [6, 6.07) is 5.66. The van der Waals surface area contributed by atoms with Gasteiger partial charge < -0.3 is 5.11 Å². The summed E-state index contributed by atoms with van der Waals surface area (Å²) in [5.41, 5.74) is 2.71. The van der Waals surface area contributed by atoms with Crippen molar-refractivity contribution in [1.82, 2.24) is 0 Å². The van der Waals surface area contributed by atoms with Crippen LogP contribution in [0.5, 0.6) is 0 Å². The van der Waals surface area contributed by atoms with Gasteiger partial charge in [-0.2, -0.15) is 0 Å². The van der Waals surface area contributed by atoms with Gasteiger partial charge in [0.2, 0.25) is 6.17 Å². The summed E-state index contributed by atoms with van der Waals surface area (Å²) in [7, 11) is 0. The van der Waals surface area contributed by atoms with E-state index in [1.807, 2.05) is 32.0 Å². The summed E-state index contributed by atoms with van der Waals surface area (Å²) in [6.07, 6.45) is -1.84. The zero-order valence-electron chi connectivity index (χ0n) is 9.12. The second-order valence-electron chi connectivity index (χ2n) is 3.89. The number of aryl methyl sites for hydroxylation is 2. The molecule has 1 aromatic carbocycles. The maximum atomic E-state index is 13.3. The third-order valence-corrected chi connectivity index (χ3v) is 2.60. The first-order valence-electron chi connectivity index (χ1n) is 4.87. The van der Waals surface area contributed by atoms with Crippen LogP contribution < -0.4 is 0 Å². The minimum absolute atomic E-state index is 0.609. The van der Waals surface area contributed by atoms with Crippen LogP contribution in [-0.4, -0.2) is 17.2 Å². The normalized spacial score (nSPS) is 14.7. The van der Waals surface area contributed by atoms with Crippen LogP contribution in [-0.2, 0) is 4.79 Å². The van der Waals surface area contributed by atoms with Crippen LogP contribution >= 0.6 is 0 Å². The second kappa shape index (κ2) is 4.43. The second-order valence-corrected chi connectivity index (χ2v) is 3.89. The van der Waals surface area contributed by atoms with E-state index < -0.39 is 18.1 Å². The predicted molar refractivity (Wildman–Crippen MR) is 56.9 cm³/mol. The van der Waals surface area contributed by atoms with Crippen LogP contribution in [0.1, 0.15) is 29.5 Å². The number of halogens is 1. The van der Waals surface area contributed by atoms with Crippen molar-refractivity contribution in [2.45, 2.75) is 32.9 Å². The number of hydrogen-bond donors (Lipinski definition) is 1. The number of hydrogen-bond acceptors (Lipinski definition) is 1. The molecule has 3 heteroatoms. The molecule has 0 amide bonds. The number of aliphatic carboxylic acids is 1. The summed E-state index contributed by atoms with van der Waals surface area (Å²) >= 11 is 0.